The monoisotopic (exact) mass is 393 g/mol. The molecule has 21 heavy (non-hydrogen) atoms. The molecule has 0 aromatic heterocycles. The summed E-state index contributed by atoms with van der Waals surface area (Å²) in [5.41, 5.74) is 8.10. The number of fused-ring (bicyclic) bond motifs is 1. The standard InChI is InChI=1S/C18H17.2ClH.Zr/c1-3-14-11-16-5-4-6-17(18(16)12-14)15-9-7-13(2)8-10-15;;;/h4-12H,3H2,1-2H3;2*1H;/q;;;+2/p-2. The Labute approximate surface area is 145 Å². The van der Waals surface area contributed by atoms with Gasteiger partial charge in [0.1, 0.15) is 0 Å². The van der Waals surface area contributed by atoms with Gasteiger partial charge in [0.15, 0.2) is 0 Å². The fourth-order valence-corrected chi connectivity index (χ4v) is 2.49. The van der Waals surface area contributed by atoms with Crippen LogP contribution in [0.3, 0.4) is 0 Å². The molecule has 1 aliphatic carbocycles. The van der Waals surface area contributed by atoms with Crippen molar-refractivity contribution in [2.24, 2.45) is 0 Å². The molecule has 107 valence electrons. The van der Waals surface area contributed by atoms with E-state index < -0.39 is 20.8 Å². The average molecular weight is 395 g/mol. The molecule has 1 aliphatic rings. The van der Waals surface area contributed by atoms with Crippen LogP contribution in [0.2, 0.25) is 0 Å². The van der Waals surface area contributed by atoms with Gasteiger partial charge in [-0.3, -0.25) is 0 Å². The van der Waals surface area contributed by atoms with Crippen LogP contribution >= 0.6 is 17.0 Å². The summed E-state index contributed by atoms with van der Waals surface area (Å²) < 4.78 is 0. The minimum absolute atomic E-state index is 0.826. The number of halogens is 2. The molecule has 0 N–H and O–H groups in total. The Morgan fingerprint density at radius 2 is 1.67 bits per heavy atom. The van der Waals surface area contributed by atoms with Crippen molar-refractivity contribution in [3.05, 3.63) is 71.1 Å². The van der Waals surface area contributed by atoms with Crippen molar-refractivity contribution in [3.8, 4) is 11.1 Å². The first-order valence-electron chi connectivity index (χ1n) is 6.91. The van der Waals surface area contributed by atoms with Crippen molar-refractivity contribution < 1.29 is 20.8 Å². The van der Waals surface area contributed by atoms with Crippen molar-refractivity contribution in [2.45, 2.75) is 20.3 Å². The second kappa shape index (κ2) is 8.32. The molecule has 0 amide bonds. The van der Waals surface area contributed by atoms with E-state index in [1.165, 1.54) is 33.4 Å². The van der Waals surface area contributed by atoms with Crippen molar-refractivity contribution in [1.82, 2.24) is 0 Å². The maximum atomic E-state index is 4.93. The van der Waals surface area contributed by atoms with E-state index in [1.54, 1.807) is 0 Å². The Balaban J connectivity index is 0.000000497. The molecular formula is C18H17Cl2Zr. The molecule has 3 heteroatoms. The molecular weight excluding hydrogens is 378 g/mol. The van der Waals surface area contributed by atoms with E-state index in [9.17, 15) is 0 Å². The van der Waals surface area contributed by atoms with Gasteiger partial charge in [-0.1, -0.05) is 66.6 Å². The van der Waals surface area contributed by atoms with Crippen LogP contribution in [0.15, 0.2) is 48.0 Å². The Hall–Kier alpha value is -0.357. The SMILES string of the molecule is CCC1=Cc2c(cccc2-c2ccc(C)cc2)[CH]1.[Cl][Zr][Cl]. The van der Waals surface area contributed by atoms with Crippen LogP contribution in [-0.4, -0.2) is 0 Å². The molecule has 0 spiro atoms. The minimum atomic E-state index is -0.826. The van der Waals surface area contributed by atoms with Gasteiger partial charge in [0.05, 0.1) is 0 Å². The summed E-state index contributed by atoms with van der Waals surface area (Å²) in [4.78, 5) is 0. The Kier molecular flexibility index (Phi) is 6.74. The van der Waals surface area contributed by atoms with Gasteiger partial charge in [-0.25, -0.2) is 0 Å². The van der Waals surface area contributed by atoms with Gasteiger partial charge >= 0.3 is 37.9 Å². The number of benzene rings is 2. The predicted octanol–water partition coefficient (Wildman–Crippen LogP) is 6.40. The number of rotatable bonds is 2. The van der Waals surface area contributed by atoms with Crippen LogP contribution in [-0.2, 0) is 20.8 Å². The third-order valence-electron chi connectivity index (χ3n) is 3.58. The Bertz CT molecular complexity index is 630. The molecule has 3 rings (SSSR count). The summed E-state index contributed by atoms with van der Waals surface area (Å²) in [5.74, 6) is 0. The molecule has 2 aromatic carbocycles. The van der Waals surface area contributed by atoms with E-state index >= 15 is 0 Å². The van der Waals surface area contributed by atoms with Crippen LogP contribution in [0.25, 0.3) is 17.2 Å². The molecule has 1 radical (unpaired) electrons. The molecule has 0 bridgehead atoms. The van der Waals surface area contributed by atoms with Crippen LogP contribution in [0.1, 0.15) is 30.0 Å². The number of hydrogen-bond donors (Lipinski definition) is 0. The molecule has 0 unspecified atom stereocenters. The maximum absolute atomic E-state index is 4.93. The first-order valence-corrected chi connectivity index (χ1v) is 13.2. The number of hydrogen-bond acceptors (Lipinski definition) is 0. The van der Waals surface area contributed by atoms with E-state index in [1.807, 2.05) is 0 Å². The summed E-state index contributed by atoms with van der Waals surface area (Å²) in [7, 11) is 9.87. The quantitative estimate of drug-likeness (QED) is 0.552. The Morgan fingerprint density at radius 3 is 2.29 bits per heavy atom. The second-order valence-electron chi connectivity index (χ2n) is 4.96. The van der Waals surface area contributed by atoms with Crippen LogP contribution in [0, 0.1) is 13.3 Å². The van der Waals surface area contributed by atoms with E-state index in [-0.39, 0.29) is 0 Å². The zero-order chi connectivity index (χ0) is 15.2. The van der Waals surface area contributed by atoms with E-state index in [0.717, 1.165) is 6.42 Å². The summed E-state index contributed by atoms with van der Waals surface area (Å²) in [6.45, 7) is 4.34. The van der Waals surface area contributed by atoms with Gasteiger partial charge in [0, 0.05) is 6.42 Å². The van der Waals surface area contributed by atoms with Gasteiger partial charge in [-0.15, -0.1) is 0 Å². The summed E-state index contributed by atoms with van der Waals surface area (Å²) in [6.07, 6.45) is 5.72. The number of aryl methyl sites for hydroxylation is 1. The van der Waals surface area contributed by atoms with Crippen molar-refractivity contribution in [2.75, 3.05) is 0 Å². The molecule has 0 aliphatic heterocycles. The fraction of sp³-hybridized carbons (Fsp3) is 0.167. The first-order chi connectivity index (χ1) is 10.2. The molecule has 0 atom stereocenters. The number of allylic oxidation sites excluding steroid dienone is 1. The zero-order valence-electron chi connectivity index (χ0n) is 12.2. The molecule has 0 fully saturated rings. The van der Waals surface area contributed by atoms with Crippen LogP contribution in [0.4, 0.5) is 0 Å². The van der Waals surface area contributed by atoms with Gasteiger partial charge < -0.3 is 0 Å². The zero-order valence-corrected chi connectivity index (χ0v) is 16.1. The van der Waals surface area contributed by atoms with Crippen LogP contribution in [0.5, 0.6) is 0 Å². The third-order valence-corrected chi connectivity index (χ3v) is 3.58. The summed E-state index contributed by atoms with van der Waals surface area (Å²) in [5, 5.41) is 0. The fourth-order valence-electron chi connectivity index (χ4n) is 2.49. The average Bonchev–Trinajstić information content (AvgIpc) is 2.92. The molecule has 0 nitrogen and oxygen atoms in total. The Morgan fingerprint density at radius 1 is 1.00 bits per heavy atom. The summed E-state index contributed by atoms with van der Waals surface area (Å²) in [6, 6.07) is 15.3. The molecule has 0 saturated heterocycles. The summed E-state index contributed by atoms with van der Waals surface area (Å²) >= 11 is -0.826. The van der Waals surface area contributed by atoms with E-state index in [4.69, 9.17) is 17.0 Å². The molecule has 2 aromatic rings. The van der Waals surface area contributed by atoms with E-state index in [0.29, 0.717) is 0 Å². The predicted molar refractivity (Wildman–Crippen MR) is 90.0 cm³/mol. The van der Waals surface area contributed by atoms with Crippen LogP contribution < -0.4 is 0 Å². The van der Waals surface area contributed by atoms with Gasteiger partial charge in [-0.2, -0.15) is 0 Å². The third kappa shape index (κ3) is 4.32. The van der Waals surface area contributed by atoms with Gasteiger partial charge in [0.25, 0.3) is 0 Å². The normalized spacial score (nSPS) is 12.1. The second-order valence-corrected chi connectivity index (χ2v) is 8.69. The molecule has 0 heterocycles. The van der Waals surface area contributed by atoms with E-state index in [2.05, 4.69) is 68.8 Å². The topological polar surface area (TPSA) is 0 Å². The first kappa shape index (κ1) is 17.0. The van der Waals surface area contributed by atoms with Gasteiger partial charge in [0.2, 0.25) is 0 Å². The molecule has 0 saturated carbocycles. The van der Waals surface area contributed by atoms with Crippen molar-refractivity contribution in [1.29, 1.82) is 0 Å². The van der Waals surface area contributed by atoms with Crippen molar-refractivity contribution in [3.63, 3.8) is 0 Å². The van der Waals surface area contributed by atoms with Crippen molar-refractivity contribution >= 4 is 23.1 Å². The van der Waals surface area contributed by atoms with Gasteiger partial charge in [-0.05, 0) is 35.6 Å².